The van der Waals surface area contributed by atoms with Crippen molar-refractivity contribution in [2.24, 2.45) is 5.92 Å². The van der Waals surface area contributed by atoms with Crippen LogP contribution >= 0.6 is 11.8 Å². The van der Waals surface area contributed by atoms with Gasteiger partial charge in [-0.3, -0.25) is 9.59 Å². The number of aliphatic carboxylic acids is 1. The van der Waals surface area contributed by atoms with Crippen LogP contribution < -0.4 is 0 Å². The van der Waals surface area contributed by atoms with Gasteiger partial charge in [-0.1, -0.05) is 12.8 Å². The van der Waals surface area contributed by atoms with Gasteiger partial charge in [0.15, 0.2) is 0 Å². The van der Waals surface area contributed by atoms with Gasteiger partial charge in [-0.25, -0.2) is 4.79 Å². The Labute approximate surface area is 134 Å². The summed E-state index contributed by atoms with van der Waals surface area (Å²) in [6.07, 6.45) is 4.63. The minimum atomic E-state index is -0.914. The molecule has 7 heteroatoms. The topological polar surface area (TPSA) is 77.9 Å². The molecule has 2 aliphatic heterocycles. The van der Waals surface area contributed by atoms with Crippen molar-refractivity contribution in [2.75, 3.05) is 11.6 Å². The van der Waals surface area contributed by atoms with Crippen LogP contribution in [0.1, 0.15) is 39.0 Å². The van der Waals surface area contributed by atoms with E-state index >= 15 is 0 Å². The lowest BCUT2D eigenvalue weighted by Gasteiger charge is -2.36. The van der Waals surface area contributed by atoms with Crippen LogP contribution in [0, 0.1) is 5.92 Å². The molecule has 0 spiro atoms. The molecule has 1 saturated carbocycles. The second-order valence-corrected chi connectivity index (χ2v) is 7.45. The Morgan fingerprint density at radius 2 is 1.86 bits per heavy atom. The van der Waals surface area contributed by atoms with Crippen LogP contribution in [-0.4, -0.2) is 62.4 Å². The average molecular weight is 326 g/mol. The van der Waals surface area contributed by atoms with Crippen LogP contribution in [0.2, 0.25) is 0 Å². The van der Waals surface area contributed by atoms with E-state index in [1.807, 2.05) is 0 Å². The number of amides is 2. The summed E-state index contributed by atoms with van der Waals surface area (Å²) in [5.41, 5.74) is 0. The van der Waals surface area contributed by atoms with Crippen molar-refractivity contribution < 1.29 is 19.5 Å². The van der Waals surface area contributed by atoms with Gasteiger partial charge in [0, 0.05) is 18.7 Å². The molecule has 3 fully saturated rings. The quantitative estimate of drug-likeness (QED) is 0.824. The Morgan fingerprint density at radius 1 is 1.14 bits per heavy atom. The highest BCUT2D eigenvalue weighted by atomic mass is 32.2. The molecule has 3 rings (SSSR count). The van der Waals surface area contributed by atoms with Crippen LogP contribution in [0.4, 0.5) is 0 Å². The molecule has 0 unspecified atom stereocenters. The van der Waals surface area contributed by atoms with Crippen LogP contribution in [0.3, 0.4) is 0 Å². The van der Waals surface area contributed by atoms with E-state index in [2.05, 4.69) is 0 Å². The molecule has 0 bridgehead atoms. The molecule has 0 radical (unpaired) electrons. The number of carbonyl (C=O) groups excluding carboxylic acids is 2. The Morgan fingerprint density at radius 3 is 2.55 bits per heavy atom. The van der Waals surface area contributed by atoms with Crippen LogP contribution in [0.5, 0.6) is 0 Å². The summed E-state index contributed by atoms with van der Waals surface area (Å²) in [7, 11) is 0. The SMILES string of the molecule is CC(=O)N1CSC[C@@H]1C(=O)N1[C@H](C(=O)O)C[C@@H]2CCCC[C@@H]21. The number of carboxylic acids is 1. The lowest BCUT2D eigenvalue weighted by molar-refractivity contribution is -0.153. The molecule has 22 heavy (non-hydrogen) atoms. The van der Waals surface area contributed by atoms with E-state index in [4.69, 9.17) is 0 Å². The van der Waals surface area contributed by atoms with Gasteiger partial charge < -0.3 is 14.9 Å². The summed E-state index contributed by atoms with van der Waals surface area (Å²) in [6.45, 7) is 1.47. The number of rotatable bonds is 2. The molecule has 0 aromatic heterocycles. The maximum absolute atomic E-state index is 13.0. The highest BCUT2D eigenvalue weighted by Crippen LogP contribution is 2.41. The number of likely N-dealkylation sites (tertiary alicyclic amines) is 1. The molecule has 4 atom stereocenters. The monoisotopic (exact) mass is 326 g/mol. The standard InChI is InChI=1S/C15H22N2O4S/c1-9(18)16-8-22-7-13(16)14(19)17-11-5-3-2-4-10(11)6-12(17)15(20)21/h10-13H,2-8H2,1H3,(H,20,21)/t10-,11-,12-,13+/m0/s1. The Kier molecular flexibility index (Phi) is 4.34. The van der Waals surface area contributed by atoms with E-state index in [9.17, 15) is 19.5 Å². The Hall–Kier alpha value is -1.24. The molecule has 1 aliphatic carbocycles. The number of carboxylic acid groups (broad SMARTS) is 1. The molecule has 2 amide bonds. The average Bonchev–Trinajstić information content (AvgIpc) is 3.11. The number of hydrogen-bond donors (Lipinski definition) is 1. The zero-order valence-corrected chi connectivity index (χ0v) is 13.6. The lowest BCUT2D eigenvalue weighted by Crippen LogP contribution is -2.54. The number of carbonyl (C=O) groups is 3. The van der Waals surface area contributed by atoms with Gasteiger partial charge in [0.05, 0.1) is 5.88 Å². The van der Waals surface area contributed by atoms with Crippen molar-refractivity contribution in [2.45, 2.75) is 57.2 Å². The number of nitrogens with zero attached hydrogens (tertiary/aromatic N) is 2. The number of fused-ring (bicyclic) bond motifs is 1. The van der Waals surface area contributed by atoms with E-state index in [-0.39, 0.29) is 17.9 Å². The van der Waals surface area contributed by atoms with Crippen LogP contribution in [-0.2, 0) is 14.4 Å². The zero-order chi connectivity index (χ0) is 15.9. The summed E-state index contributed by atoms with van der Waals surface area (Å²) in [4.78, 5) is 39.5. The van der Waals surface area contributed by atoms with E-state index in [1.54, 1.807) is 21.6 Å². The third-order valence-corrected chi connectivity index (χ3v) is 6.21. The molecule has 122 valence electrons. The molecular weight excluding hydrogens is 304 g/mol. The van der Waals surface area contributed by atoms with Gasteiger partial charge in [-0.05, 0) is 25.2 Å². The lowest BCUT2D eigenvalue weighted by atomic mass is 9.84. The fourth-order valence-corrected chi connectivity index (χ4v) is 5.34. The van der Waals surface area contributed by atoms with E-state index in [1.165, 1.54) is 6.92 Å². The summed E-state index contributed by atoms with van der Waals surface area (Å²) >= 11 is 1.55. The number of thioether (sulfide) groups is 1. The summed E-state index contributed by atoms with van der Waals surface area (Å²) in [5, 5.41) is 9.52. The third-order valence-electron chi connectivity index (χ3n) is 5.20. The highest BCUT2D eigenvalue weighted by Gasteiger charge is 2.50. The van der Waals surface area contributed by atoms with Gasteiger partial charge >= 0.3 is 5.97 Å². The molecule has 6 nitrogen and oxygen atoms in total. The molecule has 1 N–H and O–H groups in total. The highest BCUT2D eigenvalue weighted by molar-refractivity contribution is 7.99. The van der Waals surface area contributed by atoms with Crippen LogP contribution in [0.25, 0.3) is 0 Å². The van der Waals surface area contributed by atoms with Crippen molar-refractivity contribution in [3.63, 3.8) is 0 Å². The first kappa shape index (κ1) is 15.6. The summed E-state index contributed by atoms with van der Waals surface area (Å²) in [5.74, 6) is 0.197. The maximum atomic E-state index is 13.0. The molecule has 3 aliphatic rings. The Bertz CT molecular complexity index is 498. The van der Waals surface area contributed by atoms with Crippen molar-refractivity contribution in [1.82, 2.24) is 9.80 Å². The third kappa shape index (κ3) is 2.59. The van der Waals surface area contributed by atoms with Gasteiger partial charge in [0.25, 0.3) is 0 Å². The molecular formula is C15H22N2O4S. The fraction of sp³-hybridized carbons (Fsp3) is 0.800. The largest absolute Gasteiger partial charge is 0.480 e. The van der Waals surface area contributed by atoms with Crippen molar-refractivity contribution in [1.29, 1.82) is 0 Å². The van der Waals surface area contributed by atoms with Gasteiger partial charge in [0.1, 0.15) is 12.1 Å². The zero-order valence-electron chi connectivity index (χ0n) is 12.7. The molecule has 0 aromatic rings. The van der Waals surface area contributed by atoms with Crippen molar-refractivity contribution in [3.8, 4) is 0 Å². The van der Waals surface area contributed by atoms with E-state index in [0.717, 1.165) is 25.7 Å². The van der Waals surface area contributed by atoms with Gasteiger partial charge in [-0.15, -0.1) is 11.8 Å². The Balaban J connectivity index is 1.84. The van der Waals surface area contributed by atoms with Gasteiger partial charge in [0.2, 0.25) is 11.8 Å². The van der Waals surface area contributed by atoms with E-state index in [0.29, 0.717) is 24.0 Å². The molecule has 2 heterocycles. The fourth-order valence-electron chi connectivity index (χ4n) is 4.13. The predicted molar refractivity (Wildman–Crippen MR) is 82.3 cm³/mol. The second-order valence-electron chi connectivity index (χ2n) is 6.45. The van der Waals surface area contributed by atoms with E-state index < -0.39 is 18.1 Å². The van der Waals surface area contributed by atoms with Gasteiger partial charge in [-0.2, -0.15) is 0 Å². The first-order chi connectivity index (χ1) is 10.5. The summed E-state index contributed by atoms with van der Waals surface area (Å²) < 4.78 is 0. The van der Waals surface area contributed by atoms with Crippen molar-refractivity contribution >= 4 is 29.5 Å². The minimum absolute atomic E-state index is 0.0433. The summed E-state index contributed by atoms with van der Waals surface area (Å²) in [6, 6.07) is -1.17. The van der Waals surface area contributed by atoms with Crippen molar-refractivity contribution in [3.05, 3.63) is 0 Å². The first-order valence-electron chi connectivity index (χ1n) is 7.90. The second kappa shape index (κ2) is 6.10. The smallest absolute Gasteiger partial charge is 0.326 e. The minimum Gasteiger partial charge on any atom is -0.480 e. The first-order valence-corrected chi connectivity index (χ1v) is 9.06. The molecule has 0 aromatic carbocycles. The predicted octanol–water partition coefficient (Wildman–Crippen LogP) is 1.15. The van der Waals surface area contributed by atoms with Crippen LogP contribution in [0.15, 0.2) is 0 Å². The number of hydrogen-bond acceptors (Lipinski definition) is 4. The normalized spacial score (nSPS) is 34.6. The molecule has 2 saturated heterocycles. The maximum Gasteiger partial charge on any atom is 0.326 e.